The Morgan fingerprint density at radius 3 is 2.42 bits per heavy atom. The van der Waals surface area contributed by atoms with E-state index in [0.717, 1.165) is 12.1 Å². The zero-order valence-electron chi connectivity index (χ0n) is 13.8. The van der Waals surface area contributed by atoms with Crippen molar-refractivity contribution in [2.75, 3.05) is 11.9 Å². The molecule has 4 nitrogen and oxygen atoms in total. The molecule has 0 aliphatic heterocycles. The summed E-state index contributed by atoms with van der Waals surface area (Å²) in [6.45, 7) is 2.32. The first-order valence-corrected chi connectivity index (χ1v) is 7.67. The Balaban J connectivity index is 2.24. The summed E-state index contributed by atoms with van der Waals surface area (Å²) in [7, 11) is 0. The van der Waals surface area contributed by atoms with E-state index in [1.54, 1.807) is 30.3 Å². The molecule has 134 valence electrons. The number of nitrogens with one attached hydrogen (secondary N) is 1. The van der Waals surface area contributed by atoms with Crippen molar-refractivity contribution >= 4 is 17.7 Å². The molecule has 0 saturated carbocycles. The maximum Gasteiger partial charge on any atom is 0.416 e. The molecule has 0 aliphatic carbocycles. The van der Waals surface area contributed by atoms with E-state index in [1.807, 2.05) is 6.92 Å². The van der Waals surface area contributed by atoms with Crippen molar-refractivity contribution in [1.29, 1.82) is 5.26 Å². The van der Waals surface area contributed by atoms with Gasteiger partial charge in [0.2, 0.25) is 0 Å². The van der Waals surface area contributed by atoms with Crippen LogP contribution >= 0.6 is 0 Å². The topological polar surface area (TPSA) is 62.1 Å². The van der Waals surface area contributed by atoms with Crippen LogP contribution in [0.2, 0.25) is 0 Å². The summed E-state index contributed by atoms with van der Waals surface area (Å²) in [6, 6.07) is 12.8. The van der Waals surface area contributed by atoms with Crippen LogP contribution in [0.3, 0.4) is 0 Å². The number of carbonyl (C=O) groups is 1. The van der Waals surface area contributed by atoms with Crippen molar-refractivity contribution in [3.63, 3.8) is 0 Å². The molecule has 0 fully saturated rings. The molecule has 0 spiro atoms. The van der Waals surface area contributed by atoms with Gasteiger partial charge < -0.3 is 10.1 Å². The molecule has 0 heterocycles. The second kappa shape index (κ2) is 8.21. The number of amides is 1. The first kappa shape index (κ1) is 19.1. The Labute approximate surface area is 148 Å². The quantitative estimate of drug-likeness (QED) is 0.624. The van der Waals surface area contributed by atoms with E-state index in [4.69, 9.17) is 10.00 Å². The molecular weight excluding hydrogens is 345 g/mol. The van der Waals surface area contributed by atoms with E-state index >= 15 is 0 Å². The van der Waals surface area contributed by atoms with E-state index in [1.165, 1.54) is 18.2 Å². The second-order valence-electron chi connectivity index (χ2n) is 5.17. The van der Waals surface area contributed by atoms with Gasteiger partial charge in [0.05, 0.1) is 12.2 Å². The maximum atomic E-state index is 13.0. The van der Waals surface area contributed by atoms with Gasteiger partial charge in [-0.2, -0.15) is 18.4 Å². The van der Waals surface area contributed by atoms with Crippen molar-refractivity contribution in [3.8, 4) is 11.8 Å². The summed E-state index contributed by atoms with van der Waals surface area (Å²) in [5.41, 5.74) is -1.21. The van der Waals surface area contributed by atoms with Gasteiger partial charge in [-0.15, -0.1) is 0 Å². The Kier molecular flexibility index (Phi) is 6.02. The van der Waals surface area contributed by atoms with Crippen LogP contribution < -0.4 is 10.1 Å². The van der Waals surface area contributed by atoms with Crippen LogP contribution in [0.15, 0.2) is 54.1 Å². The Morgan fingerprint density at radius 2 is 1.85 bits per heavy atom. The smallest absolute Gasteiger partial charge is 0.416 e. The average molecular weight is 360 g/mol. The molecule has 2 rings (SSSR count). The molecular formula is C19H15F3N2O2. The van der Waals surface area contributed by atoms with Crippen molar-refractivity contribution in [2.45, 2.75) is 13.1 Å². The van der Waals surface area contributed by atoms with E-state index in [-0.39, 0.29) is 5.56 Å². The number of alkyl halides is 3. The molecule has 26 heavy (non-hydrogen) atoms. The van der Waals surface area contributed by atoms with Crippen LogP contribution in [0.5, 0.6) is 5.75 Å². The zero-order chi connectivity index (χ0) is 19.2. The van der Waals surface area contributed by atoms with Crippen LogP contribution in [-0.2, 0) is 11.0 Å². The van der Waals surface area contributed by atoms with Crippen molar-refractivity contribution < 1.29 is 22.7 Å². The van der Waals surface area contributed by atoms with Gasteiger partial charge in [-0.1, -0.05) is 18.2 Å². The summed E-state index contributed by atoms with van der Waals surface area (Å²) < 4.78 is 44.4. The average Bonchev–Trinajstić information content (AvgIpc) is 2.61. The van der Waals surface area contributed by atoms with Crippen LogP contribution in [0.1, 0.15) is 18.1 Å². The highest BCUT2D eigenvalue weighted by Gasteiger charge is 2.32. The SMILES string of the molecule is CCOc1ccc(NC(=O)/C(C#N)=C\c2ccccc2C(F)(F)F)cc1. The minimum atomic E-state index is -4.58. The number of nitrogens with zero attached hydrogens (tertiary/aromatic N) is 1. The number of hydrogen-bond acceptors (Lipinski definition) is 3. The Hall–Kier alpha value is -3.27. The summed E-state index contributed by atoms with van der Waals surface area (Å²) >= 11 is 0. The van der Waals surface area contributed by atoms with Gasteiger partial charge >= 0.3 is 6.18 Å². The molecule has 1 amide bonds. The van der Waals surface area contributed by atoms with E-state index in [2.05, 4.69) is 5.32 Å². The lowest BCUT2D eigenvalue weighted by Crippen LogP contribution is -2.14. The highest BCUT2D eigenvalue weighted by Crippen LogP contribution is 2.32. The number of anilines is 1. The van der Waals surface area contributed by atoms with Gasteiger partial charge in [0.25, 0.3) is 5.91 Å². The minimum Gasteiger partial charge on any atom is -0.494 e. The Morgan fingerprint density at radius 1 is 1.19 bits per heavy atom. The fraction of sp³-hybridized carbons (Fsp3) is 0.158. The third kappa shape index (κ3) is 4.86. The first-order valence-electron chi connectivity index (χ1n) is 7.67. The van der Waals surface area contributed by atoms with Crippen molar-refractivity contribution in [3.05, 3.63) is 65.2 Å². The molecule has 1 N–H and O–H groups in total. The number of benzene rings is 2. The molecule has 0 saturated heterocycles. The van der Waals surface area contributed by atoms with Crippen LogP contribution in [0, 0.1) is 11.3 Å². The monoisotopic (exact) mass is 360 g/mol. The predicted octanol–water partition coefficient (Wildman–Crippen LogP) is 4.65. The fourth-order valence-electron chi connectivity index (χ4n) is 2.18. The lowest BCUT2D eigenvalue weighted by molar-refractivity contribution is -0.137. The zero-order valence-corrected chi connectivity index (χ0v) is 13.8. The molecule has 2 aromatic rings. The summed E-state index contributed by atoms with van der Waals surface area (Å²) in [5.74, 6) is -0.186. The maximum absolute atomic E-state index is 13.0. The number of hydrogen-bond donors (Lipinski definition) is 1. The summed E-state index contributed by atoms with van der Waals surface area (Å²) in [6.07, 6.45) is -3.66. The van der Waals surface area contributed by atoms with E-state index < -0.39 is 23.2 Å². The lowest BCUT2D eigenvalue weighted by Gasteiger charge is -2.10. The highest BCUT2D eigenvalue weighted by molar-refractivity contribution is 6.09. The van der Waals surface area contributed by atoms with Gasteiger partial charge in [-0.25, -0.2) is 0 Å². The molecule has 0 radical (unpaired) electrons. The van der Waals surface area contributed by atoms with Crippen molar-refractivity contribution in [2.24, 2.45) is 0 Å². The standard InChI is InChI=1S/C19H15F3N2O2/c1-2-26-16-9-7-15(8-10-16)24-18(25)14(12-23)11-13-5-3-4-6-17(13)19(20,21)22/h3-11H,2H2,1H3,(H,24,25)/b14-11-. The van der Waals surface area contributed by atoms with Gasteiger partial charge in [0.15, 0.2) is 0 Å². The number of ether oxygens (including phenoxy) is 1. The van der Waals surface area contributed by atoms with Gasteiger partial charge in [-0.05, 0) is 48.9 Å². The molecule has 7 heteroatoms. The van der Waals surface area contributed by atoms with Crippen molar-refractivity contribution in [1.82, 2.24) is 0 Å². The summed E-state index contributed by atoms with van der Waals surface area (Å²) in [4.78, 5) is 12.2. The third-order valence-electron chi connectivity index (χ3n) is 3.35. The molecule has 0 atom stereocenters. The van der Waals surface area contributed by atoms with Gasteiger partial charge in [0.1, 0.15) is 17.4 Å². The fourth-order valence-corrected chi connectivity index (χ4v) is 2.18. The second-order valence-corrected chi connectivity index (χ2v) is 5.17. The van der Waals surface area contributed by atoms with Crippen LogP contribution in [0.25, 0.3) is 6.08 Å². The minimum absolute atomic E-state index is 0.251. The van der Waals surface area contributed by atoms with Crippen LogP contribution in [0.4, 0.5) is 18.9 Å². The lowest BCUT2D eigenvalue weighted by atomic mass is 10.0. The molecule has 0 aromatic heterocycles. The van der Waals surface area contributed by atoms with Gasteiger partial charge in [0, 0.05) is 5.69 Å². The van der Waals surface area contributed by atoms with Crippen LogP contribution in [-0.4, -0.2) is 12.5 Å². The van der Waals surface area contributed by atoms with Gasteiger partial charge in [-0.3, -0.25) is 4.79 Å². The number of halogens is 3. The first-order chi connectivity index (χ1) is 12.3. The molecule has 0 bridgehead atoms. The Bertz CT molecular complexity index is 850. The highest BCUT2D eigenvalue weighted by atomic mass is 19.4. The molecule has 0 aliphatic rings. The summed E-state index contributed by atoms with van der Waals surface area (Å²) in [5, 5.41) is 11.6. The number of nitriles is 1. The molecule has 2 aromatic carbocycles. The number of rotatable bonds is 5. The molecule has 0 unspecified atom stereocenters. The number of carbonyl (C=O) groups excluding carboxylic acids is 1. The largest absolute Gasteiger partial charge is 0.494 e. The van der Waals surface area contributed by atoms with E-state index in [9.17, 15) is 18.0 Å². The predicted molar refractivity (Wildman–Crippen MR) is 91.3 cm³/mol. The van der Waals surface area contributed by atoms with E-state index in [0.29, 0.717) is 18.0 Å². The normalized spacial score (nSPS) is 11.6. The third-order valence-corrected chi connectivity index (χ3v) is 3.35.